The van der Waals surface area contributed by atoms with E-state index in [2.05, 4.69) is 25.7 Å². The molecule has 0 aliphatic rings. The molecule has 0 amide bonds. The van der Waals surface area contributed by atoms with Crippen LogP contribution in [0.3, 0.4) is 0 Å². The molecule has 0 aliphatic carbocycles. The third-order valence-electron chi connectivity index (χ3n) is 1.97. The first-order valence-corrected chi connectivity index (χ1v) is 5.78. The molecule has 6 nitrogen and oxygen atoms in total. The van der Waals surface area contributed by atoms with Gasteiger partial charge in [-0.2, -0.15) is 15.4 Å². The van der Waals surface area contributed by atoms with E-state index < -0.39 is 0 Å². The van der Waals surface area contributed by atoms with Crippen LogP contribution < -0.4 is 5.32 Å². The summed E-state index contributed by atoms with van der Waals surface area (Å²) in [4.78, 5) is 4.44. The maximum Gasteiger partial charge on any atom is 0.145 e. The molecule has 2 aromatic rings. The summed E-state index contributed by atoms with van der Waals surface area (Å²) in [6.07, 6.45) is 1.67. The number of rotatable bonds is 6. The number of aromatic amines is 1. The molecule has 0 saturated carbocycles. The highest BCUT2D eigenvalue weighted by molar-refractivity contribution is 7.13. The fraction of sp³-hybridized carbons (Fsp3) is 0.444. The maximum absolute atomic E-state index is 4.94. The van der Waals surface area contributed by atoms with E-state index in [9.17, 15) is 0 Å². The van der Waals surface area contributed by atoms with Crippen molar-refractivity contribution >= 4 is 11.3 Å². The van der Waals surface area contributed by atoms with Gasteiger partial charge in [0.25, 0.3) is 0 Å². The summed E-state index contributed by atoms with van der Waals surface area (Å²) in [7, 11) is 1.69. The van der Waals surface area contributed by atoms with Gasteiger partial charge in [0.15, 0.2) is 0 Å². The lowest BCUT2D eigenvalue weighted by molar-refractivity contribution is 0.199. The Morgan fingerprint density at radius 3 is 3.25 bits per heavy atom. The SMILES string of the molecule is COCCNCc1csc(-c2cn[nH]n2)n1. The first-order valence-electron chi connectivity index (χ1n) is 4.90. The Morgan fingerprint density at radius 1 is 1.56 bits per heavy atom. The van der Waals surface area contributed by atoms with E-state index in [0.717, 1.165) is 29.5 Å². The van der Waals surface area contributed by atoms with Gasteiger partial charge in [-0.15, -0.1) is 11.3 Å². The number of nitrogens with zero attached hydrogens (tertiary/aromatic N) is 3. The van der Waals surface area contributed by atoms with Gasteiger partial charge in [-0.3, -0.25) is 0 Å². The van der Waals surface area contributed by atoms with Crippen molar-refractivity contribution in [2.75, 3.05) is 20.3 Å². The largest absolute Gasteiger partial charge is 0.383 e. The van der Waals surface area contributed by atoms with E-state index in [1.165, 1.54) is 0 Å². The average molecular weight is 239 g/mol. The molecule has 0 atom stereocenters. The summed E-state index contributed by atoms with van der Waals surface area (Å²) >= 11 is 1.57. The number of hydrogen-bond acceptors (Lipinski definition) is 6. The van der Waals surface area contributed by atoms with Gasteiger partial charge in [0, 0.05) is 25.6 Å². The zero-order valence-electron chi connectivity index (χ0n) is 8.93. The molecule has 0 unspecified atom stereocenters. The zero-order valence-corrected chi connectivity index (χ0v) is 9.75. The monoisotopic (exact) mass is 239 g/mol. The molecular formula is C9H13N5OS. The van der Waals surface area contributed by atoms with Crippen LogP contribution in [-0.4, -0.2) is 40.7 Å². The highest BCUT2D eigenvalue weighted by Crippen LogP contribution is 2.20. The van der Waals surface area contributed by atoms with Crippen molar-refractivity contribution in [3.63, 3.8) is 0 Å². The molecule has 0 spiro atoms. The molecule has 86 valence electrons. The van der Waals surface area contributed by atoms with Crippen molar-refractivity contribution in [3.8, 4) is 10.7 Å². The third-order valence-corrected chi connectivity index (χ3v) is 2.89. The van der Waals surface area contributed by atoms with Crippen molar-refractivity contribution in [1.29, 1.82) is 0 Å². The second kappa shape index (κ2) is 5.69. The second-order valence-corrected chi connectivity index (χ2v) is 4.03. The molecule has 0 radical (unpaired) electrons. The Balaban J connectivity index is 1.88. The maximum atomic E-state index is 4.94. The molecule has 2 rings (SSSR count). The van der Waals surface area contributed by atoms with Gasteiger partial charge < -0.3 is 10.1 Å². The topological polar surface area (TPSA) is 75.7 Å². The Morgan fingerprint density at radius 2 is 2.50 bits per heavy atom. The number of hydrogen-bond donors (Lipinski definition) is 2. The normalized spacial score (nSPS) is 10.8. The number of nitrogens with one attached hydrogen (secondary N) is 2. The van der Waals surface area contributed by atoms with E-state index in [-0.39, 0.29) is 0 Å². The van der Waals surface area contributed by atoms with Crippen molar-refractivity contribution in [2.24, 2.45) is 0 Å². The van der Waals surface area contributed by atoms with Crippen LogP contribution in [0.15, 0.2) is 11.6 Å². The Hall–Kier alpha value is -1.31. The van der Waals surface area contributed by atoms with Gasteiger partial charge >= 0.3 is 0 Å². The summed E-state index contributed by atoms with van der Waals surface area (Å²) in [5, 5.41) is 16.4. The van der Waals surface area contributed by atoms with Gasteiger partial charge in [-0.1, -0.05) is 0 Å². The molecule has 7 heteroatoms. The molecule has 0 bridgehead atoms. The minimum absolute atomic E-state index is 0.709. The van der Waals surface area contributed by atoms with Crippen LogP contribution in [-0.2, 0) is 11.3 Å². The Kier molecular flexibility index (Phi) is 3.97. The van der Waals surface area contributed by atoms with E-state index in [0.29, 0.717) is 6.61 Å². The highest BCUT2D eigenvalue weighted by Gasteiger charge is 2.06. The molecule has 16 heavy (non-hydrogen) atoms. The molecule has 0 aromatic carbocycles. The van der Waals surface area contributed by atoms with Gasteiger partial charge in [-0.25, -0.2) is 4.98 Å². The lowest BCUT2D eigenvalue weighted by Crippen LogP contribution is -2.18. The average Bonchev–Trinajstić information content (AvgIpc) is 2.94. The fourth-order valence-corrected chi connectivity index (χ4v) is 1.97. The second-order valence-electron chi connectivity index (χ2n) is 3.17. The molecule has 0 fully saturated rings. The minimum Gasteiger partial charge on any atom is -0.383 e. The van der Waals surface area contributed by atoms with Crippen LogP contribution in [0.2, 0.25) is 0 Å². The summed E-state index contributed by atoms with van der Waals surface area (Å²) in [5.41, 5.74) is 1.80. The van der Waals surface area contributed by atoms with Crippen LogP contribution in [0, 0.1) is 0 Å². The van der Waals surface area contributed by atoms with Crippen molar-refractivity contribution < 1.29 is 4.74 Å². The fourth-order valence-electron chi connectivity index (χ4n) is 1.20. The molecular weight excluding hydrogens is 226 g/mol. The van der Waals surface area contributed by atoms with Gasteiger partial charge in [-0.05, 0) is 0 Å². The molecule has 2 N–H and O–H groups in total. The van der Waals surface area contributed by atoms with E-state index in [4.69, 9.17) is 4.74 Å². The van der Waals surface area contributed by atoms with Crippen molar-refractivity contribution in [1.82, 2.24) is 25.7 Å². The van der Waals surface area contributed by atoms with Crippen LogP contribution in [0.1, 0.15) is 5.69 Å². The third kappa shape index (κ3) is 2.84. The number of aromatic nitrogens is 4. The smallest absolute Gasteiger partial charge is 0.145 e. The molecule has 2 aromatic heterocycles. The van der Waals surface area contributed by atoms with E-state index in [1.807, 2.05) is 5.38 Å². The molecule has 0 aliphatic heterocycles. The summed E-state index contributed by atoms with van der Waals surface area (Å²) in [5.74, 6) is 0. The predicted molar refractivity (Wildman–Crippen MR) is 61.1 cm³/mol. The van der Waals surface area contributed by atoms with Gasteiger partial charge in [0.05, 0.1) is 18.5 Å². The van der Waals surface area contributed by atoms with E-state index >= 15 is 0 Å². The first kappa shape index (κ1) is 11.2. The lowest BCUT2D eigenvalue weighted by Gasteiger charge is -2.00. The van der Waals surface area contributed by atoms with Crippen molar-refractivity contribution in [3.05, 3.63) is 17.3 Å². The standard InChI is InChI=1S/C9H13N5OS/c1-15-3-2-10-4-7-6-16-9(12-7)8-5-11-14-13-8/h5-6,10H,2-4H2,1H3,(H,11,13,14). The lowest BCUT2D eigenvalue weighted by atomic mass is 10.4. The number of methoxy groups -OCH3 is 1. The number of H-pyrrole nitrogens is 1. The van der Waals surface area contributed by atoms with Crippen molar-refractivity contribution in [2.45, 2.75) is 6.54 Å². The van der Waals surface area contributed by atoms with Crippen LogP contribution in [0.5, 0.6) is 0 Å². The first-order chi connectivity index (χ1) is 7.90. The number of thiazole rings is 1. The summed E-state index contributed by atoms with van der Waals surface area (Å²) in [6.45, 7) is 2.28. The highest BCUT2D eigenvalue weighted by atomic mass is 32.1. The summed E-state index contributed by atoms with van der Waals surface area (Å²) in [6, 6.07) is 0. The predicted octanol–water partition coefficient (Wildman–Crippen LogP) is 0.664. The number of ether oxygens (including phenoxy) is 1. The van der Waals surface area contributed by atoms with Gasteiger partial charge in [0.1, 0.15) is 10.7 Å². The van der Waals surface area contributed by atoms with E-state index in [1.54, 1.807) is 24.6 Å². The zero-order chi connectivity index (χ0) is 11.2. The minimum atomic E-state index is 0.709. The quantitative estimate of drug-likeness (QED) is 0.724. The molecule has 0 saturated heterocycles. The van der Waals surface area contributed by atoms with Crippen LogP contribution in [0.25, 0.3) is 10.7 Å². The summed E-state index contributed by atoms with van der Waals surface area (Å²) < 4.78 is 4.94. The molecule has 2 heterocycles. The Bertz CT molecular complexity index is 413. The van der Waals surface area contributed by atoms with Gasteiger partial charge in [0.2, 0.25) is 0 Å². The van der Waals surface area contributed by atoms with Crippen LogP contribution in [0.4, 0.5) is 0 Å². The Labute approximate surface area is 97.1 Å². The van der Waals surface area contributed by atoms with Crippen LogP contribution >= 0.6 is 11.3 Å².